The van der Waals surface area contributed by atoms with E-state index in [9.17, 15) is 39.6 Å². The number of amides is 2. The molecule has 3 aliphatic rings. The topological polar surface area (TPSA) is 194 Å². The quantitative estimate of drug-likeness (QED) is 0.191. The van der Waals surface area contributed by atoms with Crippen molar-refractivity contribution in [3.8, 4) is 5.75 Å². The first kappa shape index (κ1) is 36.6. The lowest BCUT2D eigenvalue weighted by atomic mass is 9.53. The molecule has 0 spiro atoms. The van der Waals surface area contributed by atoms with Crippen molar-refractivity contribution in [3.63, 3.8) is 0 Å². The third-order valence-corrected chi connectivity index (χ3v) is 11.0. The summed E-state index contributed by atoms with van der Waals surface area (Å²) in [5.41, 5.74) is 4.28. The fraction of sp³-hybridized carbons (Fsp3) is 0.474. The molecule has 2 aromatic rings. The summed E-state index contributed by atoms with van der Waals surface area (Å²) in [6, 6.07) is 10.8. The number of nitrogens with two attached hydrogens (primary N) is 1. The van der Waals surface area contributed by atoms with Crippen LogP contribution in [0.1, 0.15) is 55.4 Å². The number of aliphatic hydroxyl groups excluding tert-OH is 2. The summed E-state index contributed by atoms with van der Waals surface area (Å²) in [5.74, 6) is -8.30. The summed E-state index contributed by atoms with van der Waals surface area (Å²) in [7, 11) is 7.22. The molecule has 1 unspecified atom stereocenters. The lowest BCUT2D eigenvalue weighted by Crippen LogP contribution is -2.62. The minimum atomic E-state index is -2.69. The number of phenols is 1. The Morgan fingerprint density at radius 3 is 2.24 bits per heavy atom. The van der Waals surface area contributed by atoms with Gasteiger partial charge in [-0.25, -0.2) is 0 Å². The average Bonchev–Trinajstić information content (AvgIpc) is 3.06. The number of hydrogen-bond acceptors (Lipinski definition) is 10. The number of nitrogens with one attached hydrogen (secondary N) is 1. The largest absolute Gasteiger partial charge is 0.508 e. The Morgan fingerprint density at radius 2 is 1.68 bits per heavy atom. The van der Waals surface area contributed by atoms with Gasteiger partial charge in [0.2, 0.25) is 11.7 Å². The molecule has 50 heavy (non-hydrogen) atoms. The van der Waals surface area contributed by atoms with Crippen molar-refractivity contribution in [2.75, 3.05) is 33.1 Å². The van der Waals surface area contributed by atoms with Gasteiger partial charge in [0.05, 0.1) is 11.6 Å². The highest BCUT2D eigenvalue weighted by Crippen LogP contribution is 2.56. The van der Waals surface area contributed by atoms with Crippen LogP contribution < -0.4 is 16.0 Å². The third-order valence-electron chi connectivity index (χ3n) is 11.0. The third kappa shape index (κ3) is 5.94. The van der Waals surface area contributed by atoms with Crippen LogP contribution in [0.2, 0.25) is 0 Å². The minimum absolute atomic E-state index is 0.0161. The molecule has 5 rings (SSSR count). The number of fused-ring (bicyclic) bond motifs is 3. The molecule has 12 nitrogen and oxygen atoms in total. The van der Waals surface area contributed by atoms with E-state index in [-0.39, 0.29) is 48.1 Å². The van der Waals surface area contributed by atoms with Crippen molar-refractivity contribution in [1.82, 2.24) is 10.2 Å². The molecule has 0 aromatic heterocycles. The van der Waals surface area contributed by atoms with Gasteiger partial charge in [0, 0.05) is 49.3 Å². The number of aromatic hydroxyl groups is 1. The molecule has 2 aromatic carbocycles. The number of carbonyl (C=O) groups is 4. The van der Waals surface area contributed by atoms with Crippen LogP contribution in [0.5, 0.6) is 5.75 Å². The number of rotatable bonds is 11. The van der Waals surface area contributed by atoms with E-state index in [0.717, 1.165) is 5.56 Å². The predicted molar refractivity (Wildman–Crippen MR) is 188 cm³/mol. The van der Waals surface area contributed by atoms with Crippen molar-refractivity contribution in [3.05, 3.63) is 75.6 Å². The molecular weight excluding hydrogens is 640 g/mol. The normalized spacial score (nSPS) is 23.8. The van der Waals surface area contributed by atoms with Gasteiger partial charge in [0.1, 0.15) is 22.8 Å². The van der Waals surface area contributed by atoms with Gasteiger partial charge in [0.15, 0.2) is 11.4 Å². The van der Waals surface area contributed by atoms with Gasteiger partial charge in [-0.1, -0.05) is 57.0 Å². The number of anilines is 1. The van der Waals surface area contributed by atoms with Crippen LogP contribution in [0.3, 0.4) is 0 Å². The SMILES string of the molecule is CCC(CC)[C@H]1C(=O)C(C(N)=O)=C(O)[C@@]2(O)C(=O)C3=C(O)c4c(O)c(CNC(=O)C(Cc5ccccc5)N(C)C)cc(N(C)C)c4C[C@H]3C[C@@H]12. The van der Waals surface area contributed by atoms with Gasteiger partial charge < -0.3 is 36.4 Å². The van der Waals surface area contributed by atoms with Crippen molar-refractivity contribution >= 4 is 34.8 Å². The molecule has 0 aliphatic heterocycles. The highest BCUT2D eigenvalue weighted by atomic mass is 16.3. The number of aliphatic hydroxyl groups is 3. The number of likely N-dealkylation sites (N-methyl/N-ethyl adjacent to an activating group) is 1. The minimum Gasteiger partial charge on any atom is -0.508 e. The second kappa shape index (κ2) is 13.9. The molecule has 3 aliphatic carbocycles. The predicted octanol–water partition coefficient (Wildman–Crippen LogP) is 2.94. The Bertz CT molecular complexity index is 1780. The van der Waals surface area contributed by atoms with E-state index in [0.29, 0.717) is 36.1 Å². The Hall–Kier alpha value is -4.68. The molecule has 1 saturated carbocycles. The summed E-state index contributed by atoms with van der Waals surface area (Å²) in [4.78, 5) is 57.6. The number of hydrogen-bond donors (Lipinski definition) is 6. The van der Waals surface area contributed by atoms with E-state index in [1.807, 2.05) is 68.1 Å². The van der Waals surface area contributed by atoms with Crippen molar-refractivity contribution in [2.24, 2.45) is 29.4 Å². The second-order valence-corrected chi connectivity index (χ2v) is 14.2. The highest BCUT2D eigenvalue weighted by Gasteiger charge is 2.64. The number of Topliss-reactive ketones (excluding diaryl/α,β-unsaturated/α-hetero) is 2. The Kier molecular flexibility index (Phi) is 10.2. The van der Waals surface area contributed by atoms with Crippen molar-refractivity contribution in [1.29, 1.82) is 0 Å². The Morgan fingerprint density at radius 1 is 1.04 bits per heavy atom. The summed E-state index contributed by atoms with van der Waals surface area (Å²) < 4.78 is 0. The monoisotopic (exact) mass is 688 g/mol. The summed E-state index contributed by atoms with van der Waals surface area (Å²) in [6.45, 7) is 3.66. The first-order chi connectivity index (χ1) is 23.6. The van der Waals surface area contributed by atoms with E-state index in [1.165, 1.54) is 0 Å². The molecule has 0 radical (unpaired) electrons. The number of phenolic OH excluding ortho intramolecular Hbond substituents is 1. The number of carbonyl (C=O) groups excluding carboxylic acids is 4. The molecule has 0 bridgehead atoms. The molecule has 268 valence electrons. The number of primary amides is 1. The fourth-order valence-corrected chi connectivity index (χ4v) is 8.34. The van der Waals surface area contributed by atoms with Crippen LogP contribution in [-0.2, 0) is 38.6 Å². The van der Waals surface area contributed by atoms with E-state index in [4.69, 9.17) is 5.73 Å². The van der Waals surface area contributed by atoms with Crippen molar-refractivity contribution < 1.29 is 39.6 Å². The second-order valence-electron chi connectivity index (χ2n) is 14.2. The van der Waals surface area contributed by atoms with Gasteiger partial charge in [0.25, 0.3) is 5.91 Å². The van der Waals surface area contributed by atoms with Gasteiger partial charge >= 0.3 is 0 Å². The zero-order valence-corrected chi connectivity index (χ0v) is 29.5. The molecule has 0 saturated heterocycles. The lowest BCUT2D eigenvalue weighted by molar-refractivity contribution is -0.155. The maximum atomic E-state index is 14.4. The molecular formula is C38H48N4O8. The van der Waals surface area contributed by atoms with Crippen LogP contribution in [-0.4, -0.2) is 88.5 Å². The smallest absolute Gasteiger partial charge is 0.255 e. The number of nitrogens with zero attached hydrogens (tertiary/aromatic N) is 2. The highest BCUT2D eigenvalue weighted by molar-refractivity contribution is 6.23. The fourth-order valence-electron chi connectivity index (χ4n) is 8.34. The summed E-state index contributed by atoms with van der Waals surface area (Å²) in [6.07, 6.45) is 1.71. The summed E-state index contributed by atoms with van der Waals surface area (Å²) in [5, 5.41) is 49.8. The van der Waals surface area contributed by atoms with Crippen LogP contribution in [0.25, 0.3) is 5.76 Å². The molecule has 5 atom stereocenters. The number of ketones is 2. The molecule has 2 amide bonds. The standard InChI is InChI=1S/C38H48N4O8/c1-7-20(8-2)27-24-16-21-15-23-25(41(3)4)17-22(18-40-37(49)26(42(5)6)14-19-12-10-9-11-13-19)31(43)29(23)33(45)28(21)34(46)38(24,50)35(47)30(32(27)44)36(39)48/h9-13,17,20-21,24,26-27,43,45,47,50H,7-8,14-16,18H2,1-6H3,(H2,39,48)(H,40,49)/t21-,24-,26?,27+,38-/m0/s1. The first-order valence-electron chi connectivity index (χ1n) is 17.1. The number of benzene rings is 2. The Labute approximate surface area is 292 Å². The zero-order chi connectivity index (χ0) is 36.8. The van der Waals surface area contributed by atoms with Gasteiger partial charge in [-0.3, -0.25) is 24.1 Å². The van der Waals surface area contributed by atoms with E-state index >= 15 is 0 Å². The van der Waals surface area contributed by atoms with E-state index in [1.54, 1.807) is 20.2 Å². The van der Waals surface area contributed by atoms with Gasteiger partial charge in [-0.05, 0) is 62.4 Å². The maximum Gasteiger partial charge on any atom is 0.255 e. The van der Waals surface area contributed by atoms with Crippen LogP contribution in [0, 0.1) is 23.7 Å². The van der Waals surface area contributed by atoms with Crippen LogP contribution >= 0.6 is 0 Å². The maximum absolute atomic E-state index is 14.4. The lowest BCUT2D eigenvalue weighted by Gasteiger charge is -2.50. The average molecular weight is 689 g/mol. The van der Waals surface area contributed by atoms with Crippen LogP contribution in [0.4, 0.5) is 5.69 Å². The molecule has 7 N–H and O–H groups in total. The molecule has 1 fully saturated rings. The summed E-state index contributed by atoms with van der Waals surface area (Å²) >= 11 is 0. The molecule has 0 heterocycles. The zero-order valence-electron chi connectivity index (χ0n) is 29.5. The van der Waals surface area contributed by atoms with Crippen LogP contribution in [0.15, 0.2) is 53.3 Å². The van der Waals surface area contributed by atoms with Gasteiger partial charge in [-0.15, -0.1) is 0 Å². The first-order valence-corrected chi connectivity index (χ1v) is 17.1. The van der Waals surface area contributed by atoms with Crippen molar-refractivity contribution in [2.45, 2.75) is 64.1 Å². The Balaban J connectivity index is 1.57. The van der Waals surface area contributed by atoms with E-state index in [2.05, 4.69) is 5.32 Å². The molecule has 12 heteroatoms. The van der Waals surface area contributed by atoms with E-state index < -0.39 is 64.0 Å². The van der Waals surface area contributed by atoms with Gasteiger partial charge in [-0.2, -0.15) is 0 Å².